The Morgan fingerprint density at radius 2 is 2.09 bits per heavy atom. The van der Waals surface area contributed by atoms with E-state index >= 15 is 0 Å². The van der Waals surface area contributed by atoms with Gasteiger partial charge in [-0.15, -0.1) is 0 Å². The number of anilines is 1. The molecule has 0 unspecified atom stereocenters. The van der Waals surface area contributed by atoms with Gasteiger partial charge in [0.05, 0.1) is 12.2 Å². The van der Waals surface area contributed by atoms with Crippen LogP contribution in [0.1, 0.15) is 27.4 Å². The standard InChI is InChI=1S/C17H19BrN4O/c1-11-19-15-7-8-22(10-14(15)16(20-11)21(2)3)17(23)12-5-4-6-13(18)9-12/h4-6,9H,7-8,10H2,1-3H3. The second kappa shape index (κ2) is 6.28. The molecule has 0 saturated heterocycles. The quantitative estimate of drug-likeness (QED) is 0.810. The molecule has 2 aromatic rings. The Balaban J connectivity index is 1.92. The number of aryl methyl sites for hydroxylation is 1. The van der Waals surface area contributed by atoms with Crippen molar-refractivity contribution in [1.82, 2.24) is 14.9 Å². The predicted molar refractivity (Wildman–Crippen MR) is 93.7 cm³/mol. The SMILES string of the molecule is Cc1nc2c(c(N(C)C)n1)CN(C(=O)c1cccc(Br)c1)CC2. The molecule has 0 N–H and O–H groups in total. The third-order valence-corrected chi connectivity index (χ3v) is 4.43. The van der Waals surface area contributed by atoms with Gasteiger partial charge < -0.3 is 9.80 Å². The average molecular weight is 375 g/mol. The normalized spacial score (nSPS) is 13.7. The lowest BCUT2D eigenvalue weighted by atomic mass is 10.0. The van der Waals surface area contributed by atoms with Gasteiger partial charge in [-0.05, 0) is 25.1 Å². The van der Waals surface area contributed by atoms with E-state index in [-0.39, 0.29) is 5.91 Å². The summed E-state index contributed by atoms with van der Waals surface area (Å²) in [6.07, 6.45) is 0.763. The molecule has 1 aliphatic rings. The molecule has 23 heavy (non-hydrogen) atoms. The van der Waals surface area contributed by atoms with Crippen molar-refractivity contribution in [2.24, 2.45) is 0 Å². The summed E-state index contributed by atoms with van der Waals surface area (Å²) in [5.74, 6) is 1.72. The zero-order valence-electron chi connectivity index (χ0n) is 13.5. The van der Waals surface area contributed by atoms with Gasteiger partial charge in [-0.25, -0.2) is 9.97 Å². The van der Waals surface area contributed by atoms with Gasteiger partial charge in [-0.3, -0.25) is 4.79 Å². The minimum Gasteiger partial charge on any atom is -0.362 e. The number of amides is 1. The maximum Gasteiger partial charge on any atom is 0.254 e. The number of benzene rings is 1. The first-order valence-electron chi connectivity index (χ1n) is 7.54. The van der Waals surface area contributed by atoms with Crippen LogP contribution in [0.25, 0.3) is 0 Å². The molecule has 1 aromatic heterocycles. The van der Waals surface area contributed by atoms with Crippen LogP contribution in [0.15, 0.2) is 28.7 Å². The highest BCUT2D eigenvalue weighted by molar-refractivity contribution is 9.10. The van der Waals surface area contributed by atoms with Crippen molar-refractivity contribution in [2.75, 3.05) is 25.5 Å². The van der Waals surface area contributed by atoms with Gasteiger partial charge in [0, 0.05) is 42.7 Å². The smallest absolute Gasteiger partial charge is 0.254 e. The first kappa shape index (κ1) is 15.9. The van der Waals surface area contributed by atoms with Crippen molar-refractivity contribution >= 4 is 27.7 Å². The van der Waals surface area contributed by atoms with Gasteiger partial charge >= 0.3 is 0 Å². The molecule has 0 radical (unpaired) electrons. The Morgan fingerprint density at radius 3 is 2.78 bits per heavy atom. The fourth-order valence-electron chi connectivity index (χ4n) is 2.86. The molecule has 1 amide bonds. The first-order chi connectivity index (χ1) is 11.0. The third kappa shape index (κ3) is 3.22. The molecular weight excluding hydrogens is 356 g/mol. The zero-order valence-corrected chi connectivity index (χ0v) is 15.1. The lowest BCUT2D eigenvalue weighted by Gasteiger charge is -2.31. The Kier molecular flexibility index (Phi) is 4.35. The molecule has 0 aliphatic carbocycles. The number of fused-ring (bicyclic) bond motifs is 1. The molecule has 120 valence electrons. The highest BCUT2D eigenvalue weighted by Crippen LogP contribution is 2.26. The topological polar surface area (TPSA) is 49.3 Å². The monoisotopic (exact) mass is 374 g/mol. The van der Waals surface area contributed by atoms with Crippen molar-refractivity contribution in [3.8, 4) is 0 Å². The maximum atomic E-state index is 12.8. The summed E-state index contributed by atoms with van der Waals surface area (Å²) in [5, 5.41) is 0. The van der Waals surface area contributed by atoms with Crippen molar-refractivity contribution in [2.45, 2.75) is 19.9 Å². The zero-order chi connectivity index (χ0) is 16.6. The Hall–Kier alpha value is -1.95. The molecule has 0 bridgehead atoms. The van der Waals surface area contributed by atoms with Crippen molar-refractivity contribution in [3.63, 3.8) is 0 Å². The lowest BCUT2D eigenvalue weighted by molar-refractivity contribution is 0.0733. The highest BCUT2D eigenvalue weighted by Gasteiger charge is 2.26. The summed E-state index contributed by atoms with van der Waals surface area (Å²) in [4.78, 5) is 25.7. The van der Waals surface area contributed by atoms with Crippen LogP contribution < -0.4 is 4.90 Å². The summed E-state index contributed by atoms with van der Waals surface area (Å²) in [7, 11) is 3.94. The van der Waals surface area contributed by atoms with Crippen molar-refractivity contribution in [3.05, 3.63) is 51.4 Å². The van der Waals surface area contributed by atoms with Crippen LogP contribution >= 0.6 is 15.9 Å². The number of carbonyl (C=O) groups excluding carboxylic acids is 1. The van der Waals surface area contributed by atoms with Crippen LogP contribution in [0.4, 0.5) is 5.82 Å². The van der Waals surface area contributed by atoms with E-state index < -0.39 is 0 Å². The number of rotatable bonds is 2. The van der Waals surface area contributed by atoms with Gasteiger partial charge in [0.1, 0.15) is 11.6 Å². The molecule has 0 saturated carbocycles. The van der Waals surface area contributed by atoms with Crippen LogP contribution in [0.5, 0.6) is 0 Å². The minimum absolute atomic E-state index is 0.0437. The summed E-state index contributed by atoms with van der Waals surface area (Å²) >= 11 is 3.42. The number of halogens is 1. The second-order valence-electron chi connectivity index (χ2n) is 5.90. The molecule has 6 heteroatoms. The van der Waals surface area contributed by atoms with E-state index in [0.717, 1.165) is 33.8 Å². The van der Waals surface area contributed by atoms with Gasteiger partial charge in [0.15, 0.2) is 0 Å². The second-order valence-corrected chi connectivity index (χ2v) is 6.82. The minimum atomic E-state index is 0.0437. The molecule has 5 nitrogen and oxygen atoms in total. The summed E-state index contributed by atoms with van der Waals surface area (Å²) in [6, 6.07) is 7.51. The highest BCUT2D eigenvalue weighted by atomic mass is 79.9. The van der Waals surface area contributed by atoms with Gasteiger partial charge in [-0.2, -0.15) is 0 Å². The van der Waals surface area contributed by atoms with E-state index in [0.29, 0.717) is 18.7 Å². The van der Waals surface area contributed by atoms with E-state index in [1.54, 1.807) is 0 Å². The van der Waals surface area contributed by atoms with Crippen LogP contribution in [0.2, 0.25) is 0 Å². The molecule has 1 aliphatic heterocycles. The maximum absolute atomic E-state index is 12.8. The lowest BCUT2D eigenvalue weighted by Crippen LogP contribution is -2.37. The summed E-state index contributed by atoms with van der Waals surface area (Å²) < 4.78 is 0.911. The fourth-order valence-corrected chi connectivity index (χ4v) is 3.26. The van der Waals surface area contributed by atoms with Gasteiger partial charge in [0.2, 0.25) is 0 Å². The molecule has 0 spiro atoms. The molecule has 2 heterocycles. The largest absolute Gasteiger partial charge is 0.362 e. The van der Waals surface area contributed by atoms with E-state index in [4.69, 9.17) is 0 Å². The molecule has 1 aromatic carbocycles. The number of hydrogen-bond acceptors (Lipinski definition) is 4. The van der Waals surface area contributed by atoms with Crippen molar-refractivity contribution in [1.29, 1.82) is 0 Å². The van der Waals surface area contributed by atoms with Crippen molar-refractivity contribution < 1.29 is 4.79 Å². The van der Waals surface area contributed by atoms with E-state index in [1.807, 2.05) is 55.1 Å². The average Bonchev–Trinajstić information content (AvgIpc) is 2.52. The Bertz CT molecular complexity index is 760. The number of aromatic nitrogens is 2. The molecule has 0 atom stereocenters. The number of nitrogens with zero attached hydrogens (tertiary/aromatic N) is 4. The first-order valence-corrected chi connectivity index (χ1v) is 8.33. The van der Waals surface area contributed by atoms with Gasteiger partial charge in [0.25, 0.3) is 5.91 Å². The van der Waals surface area contributed by atoms with Crippen LogP contribution in [0.3, 0.4) is 0 Å². The van der Waals surface area contributed by atoms with E-state index in [2.05, 4.69) is 25.9 Å². The predicted octanol–water partition coefficient (Wildman–Crippen LogP) is 2.81. The molecule has 0 fully saturated rings. The molecular formula is C17H19BrN4O. The number of carbonyl (C=O) groups is 1. The van der Waals surface area contributed by atoms with Crippen LogP contribution in [-0.4, -0.2) is 41.4 Å². The van der Waals surface area contributed by atoms with Crippen LogP contribution in [0, 0.1) is 6.92 Å². The Labute approximate surface area is 144 Å². The third-order valence-electron chi connectivity index (χ3n) is 3.93. The summed E-state index contributed by atoms with van der Waals surface area (Å²) in [5.41, 5.74) is 2.80. The summed E-state index contributed by atoms with van der Waals surface area (Å²) in [6.45, 7) is 3.14. The number of hydrogen-bond donors (Lipinski definition) is 0. The van der Waals surface area contributed by atoms with E-state index in [9.17, 15) is 4.79 Å². The van der Waals surface area contributed by atoms with Crippen LogP contribution in [-0.2, 0) is 13.0 Å². The van der Waals surface area contributed by atoms with E-state index in [1.165, 1.54) is 0 Å². The van der Waals surface area contributed by atoms with Gasteiger partial charge in [-0.1, -0.05) is 22.0 Å². The fraction of sp³-hybridized carbons (Fsp3) is 0.353. The Morgan fingerprint density at radius 1 is 1.30 bits per heavy atom. The molecule has 3 rings (SSSR count).